The van der Waals surface area contributed by atoms with Gasteiger partial charge in [-0.3, -0.25) is 0 Å². The van der Waals surface area contributed by atoms with Gasteiger partial charge in [-0.05, 0) is 36.2 Å². The van der Waals surface area contributed by atoms with Crippen molar-refractivity contribution in [3.63, 3.8) is 0 Å². The first-order valence-corrected chi connectivity index (χ1v) is 7.83. The molecule has 0 aliphatic carbocycles. The normalized spacial score (nSPS) is 18.0. The Morgan fingerprint density at radius 3 is 2.83 bits per heavy atom. The van der Waals surface area contributed by atoms with E-state index >= 15 is 0 Å². The standard InChI is InChI=1S/C18H18FN3O/c19-14-5-3-4-13(10-14)11-22-17-7-2-1-6-16(17)20-18(22)21-9-8-15(23)12-21/h1-7,10,15,23H,8-9,11-12H2. The largest absolute Gasteiger partial charge is 0.391 e. The maximum atomic E-state index is 13.5. The molecule has 2 heterocycles. The lowest BCUT2D eigenvalue weighted by Gasteiger charge is -2.19. The molecule has 0 amide bonds. The van der Waals surface area contributed by atoms with Gasteiger partial charge in [-0.15, -0.1) is 0 Å². The summed E-state index contributed by atoms with van der Waals surface area (Å²) in [7, 11) is 0. The van der Waals surface area contributed by atoms with Crippen LogP contribution in [0.25, 0.3) is 11.0 Å². The van der Waals surface area contributed by atoms with Crippen molar-refractivity contribution in [1.82, 2.24) is 9.55 Å². The molecule has 4 nitrogen and oxygen atoms in total. The predicted octanol–water partition coefficient (Wildman–Crippen LogP) is 2.79. The molecule has 3 aromatic rings. The zero-order valence-electron chi connectivity index (χ0n) is 12.7. The van der Waals surface area contributed by atoms with Gasteiger partial charge in [0.1, 0.15) is 5.82 Å². The van der Waals surface area contributed by atoms with E-state index in [4.69, 9.17) is 4.98 Å². The second kappa shape index (κ2) is 5.66. The summed E-state index contributed by atoms with van der Waals surface area (Å²) in [4.78, 5) is 6.83. The zero-order chi connectivity index (χ0) is 15.8. The van der Waals surface area contributed by atoms with E-state index in [9.17, 15) is 9.50 Å². The molecule has 1 fully saturated rings. The fraction of sp³-hybridized carbons (Fsp3) is 0.278. The van der Waals surface area contributed by atoms with Crippen molar-refractivity contribution in [3.05, 3.63) is 59.9 Å². The van der Waals surface area contributed by atoms with Crippen LogP contribution in [0, 0.1) is 5.82 Å². The van der Waals surface area contributed by atoms with Crippen LogP contribution in [0.15, 0.2) is 48.5 Å². The lowest BCUT2D eigenvalue weighted by molar-refractivity contribution is 0.198. The van der Waals surface area contributed by atoms with Gasteiger partial charge in [-0.1, -0.05) is 24.3 Å². The third kappa shape index (κ3) is 2.68. The summed E-state index contributed by atoms with van der Waals surface area (Å²) in [5.74, 6) is 0.608. The van der Waals surface area contributed by atoms with Crippen molar-refractivity contribution in [3.8, 4) is 0 Å². The van der Waals surface area contributed by atoms with Crippen molar-refractivity contribution in [2.75, 3.05) is 18.0 Å². The molecule has 1 N–H and O–H groups in total. The SMILES string of the molecule is OC1CCN(c2nc3ccccc3n2Cc2cccc(F)c2)C1. The van der Waals surface area contributed by atoms with Gasteiger partial charge in [0.05, 0.1) is 23.7 Å². The number of rotatable bonds is 3. The Morgan fingerprint density at radius 2 is 2.04 bits per heavy atom. The monoisotopic (exact) mass is 311 g/mol. The first-order valence-electron chi connectivity index (χ1n) is 7.83. The minimum Gasteiger partial charge on any atom is -0.391 e. The summed E-state index contributed by atoms with van der Waals surface area (Å²) in [6, 6.07) is 14.6. The van der Waals surface area contributed by atoms with E-state index in [0.29, 0.717) is 13.1 Å². The van der Waals surface area contributed by atoms with Crippen LogP contribution < -0.4 is 4.90 Å². The molecule has 0 spiro atoms. The predicted molar refractivity (Wildman–Crippen MR) is 88.1 cm³/mol. The van der Waals surface area contributed by atoms with Gasteiger partial charge >= 0.3 is 0 Å². The third-order valence-corrected chi connectivity index (χ3v) is 4.31. The summed E-state index contributed by atoms with van der Waals surface area (Å²) < 4.78 is 15.6. The Hall–Kier alpha value is -2.40. The van der Waals surface area contributed by atoms with E-state index in [1.807, 2.05) is 30.3 Å². The minimum absolute atomic E-state index is 0.231. The third-order valence-electron chi connectivity index (χ3n) is 4.31. The van der Waals surface area contributed by atoms with Gasteiger partial charge in [0, 0.05) is 13.1 Å². The van der Waals surface area contributed by atoms with Crippen molar-refractivity contribution < 1.29 is 9.50 Å². The number of imidazole rings is 1. The molecule has 1 aliphatic rings. The highest BCUT2D eigenvalue weighted by molar-refractivity contribution is 5.79. The van der Waals surface area contributed by atoms with Crippen LogP contribution >= 0.6 is 0 Å². The molecule has 1 aliphatic heterocycles. The van der Waals surface area contributed by atoms with E-state index < -0.39 is 0 Å². The highest BCUT2D eigenvalue weighted by Gasteiger charge is 2.25. The Bertz CT molecular complexity index is 845. The molecule has 0 saturated carbocycles. The molecule has 118 valence electrons. The fourth-order valence-corrected chi connectivity index (χ4v) is 3.20. The van der Waals surface area contributed by atoms with Gasteiger partial charge in [-0.25, -0.2) is 9.37 Å². The molecule has 2 aromatic carbocycles. The number of aromatic nitrogens is 2. The van der Waals surface area contributed by atoms with E-state index in [2.05, 4.69) is 9.47 Å². The van der Waals surface area contributed by atoms with Crippen molar-refractivity contribution in [2.24, 2.45) is 0 Å². The first kappa shape index (κ1) is 14.2. The van der Waals surface area contributed by atoms with E-state index in [1.165, 1.54) is 6.07 Å². The number of nitrogens with zero attached hydrogens (tertiary/aromatic N) is 3. The van der Waals surface area contributed by atoms with Gasteiger partial charge in [0.15, 0.2) is 0 Å². The number of halogens is 1. The molecule has 0 bridgehead atoms. The first-order chi connectivity index (χ1) is 11.2. The van der Waals surface area contributed by atoms with Crippen LogP contribution in [0.3, 0.4) is 0 Å². The topological polar surface area (TPSA) is 41.3 Å². The number of hydrogen-bond acceptors (Lipinski definition) is 3. The molecule has 23 heavy (non-hydrogen) atoms. The van der Waals surface area contributed by atoms with Gasteiger partial charge in [0.25, 0.3) is 0 Å². The number of fused-ring (bicyclic) bond motifs is 1. The Labute approximate surface area is 133 Å². The highest BCUT2D eigenvalue weighted by atomic mass is 19.1. The zero-order valence-corrected chi connectivity index (χ0v) is 12.7. The number of benzene rings is 2. The van der Waals surface area contributed by atoms with E-state index in [-0.39, 0.29) is 11.9 Å². The number of aliphatic hydroxyl groups excluding tert-OH is 1. The summed E-state index contributed by atoms with van der Waals surface area (Å²) in [5, 5.41) is 9.82. The molecule has 1 saturated heterocycles. The quantitative estimate of drug-likeness (QED) is 0.809. The van der Waals surface area contributed by atoms with Crippen molar-refractivity contribution in [1.29, 1.82) is 0 Å². The second-order valence-electron chi connectivity index (χ2n) is 6.01. The van der Waals surface area contributed by atoms with Gasteiger partial charge in [0.2, 0.25) is 5.95 Å². The second-order valence-corrected chi connectivity index (χ2v) is 6.01. The maximum absolute atomic E-state index is 13.5. The maximum Gasteiger partial charge on any atom is 0.206 e. The molecule has 4 rings (SSSR count). The Kier molecular flexibility index (Phi) is 3.50. The summed E-state index contributed by atoms with van der Waals surface area (Å²) in [6.45, 7) is 1.93. The fourth-order valence-electron chi connectivity index (χ4n) is 3.20. The van der Waals surface area contributed by atoms with E-state index in [1.54, 1.807) is 12.1 Å². The molecular formula is C18H18FN3O. The van der Waals surface area contributed by atoms with Crippen LogP contribution in [0.5, 0.6) is 0 Å². The summed E-state index contributed by atoms with van der Waals surface area (Å²) in [5.41, 5.74) is 2.84. The summed E-state index contributed by atoms with van der Waals surface area (Å²) in [6.07, 6.45) is 0.445. The number of anilines is 1. The van der Waals surface area contributed by atoms with Crippen molar-refractivity contribution >= 4 is 17.0 Å². The van der Waals surface area contributed by atoms with Crippen LogP contribution in [0.1, 0.15) is 12.0 Å². The molecule has 1 aromatic heterocycles. The van der Waals surface area contributed by atoms with Crippen LogP contribution in [0.2, 0.25) is 0 Å². The average molecular weight is 311 g/mol. The number of para-hydroxylation sites is 2. The lowest BCUT2D eigenvalue weighted by Crippen LogP contribution is -2.25. The Morgan fingerprint density at radius 1 is 1.17 bits per heavy atom. The average Bonchev–Trinajstić information content (AvgIpc) is 3.12. The molecule has 1 atom stereocenters. The number of aliphatic hydroxyl groups is 1. The molecular weight excluding hydrogens is 293 g/mol. The molecule has 1 unspecified atom stereocenters. The molecule has 5 heteroatoms. The number of hydrogen-bond donors (Lipinski definition) is 1. The van der Waals surface area contributed by atoms with Crippen LogP contribution in [-0.4, -0.2) is 33.9 Å². The Balaban J connectivity index is 1.79. The number of β-amino-alcohol motifs (C(OH)–C–C–N with tert-alkyl or cyclic N) is 1. The van der Waals surface area contributed by atoms with E-state index in [0.717, 1.165) is 35.5 Å². The summed E-state index contributed by atoms with van der Waals surface area (Å²) >= 11 is 0. The smallest absolute Gasteiger partial charge is 0.206 e. The van der Waals surface area contributed by atoms with Crippen LogP contribution in [0.4, 0.5) is 10.3 Å². The van der Waals surface area contributed by atoms with Crippen molar-refractivity contribution in [2.45, 2.75) is 19.1 Å². The highest BCUT2D eigenvalue weighted by Crippen LogP contribution is 2.26. The minimum atomic E-state index is -0.308. The van der Waals surface area contributed by atoms with Gasteiger partial charge in [-0.2, -0.15) is 0 Å². The van der Waals surface area contributed by atoms with Gasteiger partial charge < -0.3 is 14.6 Å². The van der Waals surface area contributed by atoms with Crippen LogP contribution in [-0.2, 0) is 6.54 Å². The molecule has 0 radical (unpaired) electrons. The lowest BCUT2D eigenvalue weighted by atomic mass is 10.2.